The zero-order valence-corrected chi connectivity index (χ0v) is 24.6. The highest BCUT2D eigenvalue weighted by Gasteiger charge is 2.25. The van der Waals surface area contributed by atoms with E-state index in [0.29, 0.717) is 17.9 Å². The fraction of sp³-hybridized carbons (Fsp3) is 0.314. The van der Waals surface area contributed by atoms with Crippen LogP contribution in [0, 0.1) is 0 Å². The largest absolute Gasteiger partial charge is 0.335 e. The van der Waals surface area contributed by atoms with Crippen molar-refractivity contribution < 1.29 is 9.59 Å². The molecule has 0 unspecified atom stereocenters. The van der Waals surface area contributed by atoms with Crippen LogP contribution in [0.25, 0.3) is 17.0 Å². The summed E-state index contributed by atoms with van der Waals surface area (Å²) in [4.78, 5) is 30.8. The van der Waals surface area contributed by atoms with Gasteiger partial charge in [-0.2, -0.15) is 0 Å². The van der Waals surface area contributed by atoms with Gasteiger partial charge in [0.2, 0.25) is 5.91 Å². The van der Waals surface area contributed by atoms with Crippen molar-refractivity contribution in [1.29, 1.82) is 0 Å². The molecule has 1 N–H and O–H groups in total. The van der Waals surface area contributed by atoms with Crippen LogP contribution in [0.3, 0.4) is 0 Å². The molecule has 0 radical (unpaired) electrons. The maximum Gasteiger partial charge on any atom is 0.270 e. The standard InChI is InChI=1S/C35H40N4O2/c1-5-37-19-21-38(22-20-37)34(41)32-24-28-23-30(36-33(40)18-13-26-9-7-6-8-10-26)16-17-31(28)39(32)25-27-11-14-29(15-12-27)35(2,3)4/h6-18,23-24H,5,19-22,25H2,1-4H3,(H,36,40). The third-order valence-electron chi connectivity index (χ3n) is 7.88. The Balaban J connectivity index is 1.43. The number of aromatic nitrogens is 1. The van der Waals surface area contributed by atoms with Crippen molar-refractivity contribution in [2.24, 2.45) is 0 Å². The lowest BCUT2D eigenvalue weighted by Crippen LogP contribution is -2.48. The summed E-state index contributed by atoms with van der Waals surface area (Å²) in [6.45, 7) is 13.6. The number of anilines is 1. The molecule has 1 aliphatic heterocycles. The van der Waals surface area contributed by atoms with Gasteiger partial charge in [0.25, 0.3) is 5.91 Å². The van der Waals surface area contributed by atoms with E-state index in [-0.39, 0.29) is 17.2 Å². The third kappa shape index (κ3) is 6.77. The second-order valence-electron chi connectivity index (χ2n) is 11.8. The van der Waals surface area contributed by atoms with Gasteiger partial charge in [-0.1, -0.05) is 82.3 Å². The van der Waals surface area contributed by atoms with E-state index in [1.54, 1.807) is 6.08 Å². The molecule has 1 fully saturated rings. The summed E-state index contributed by atoms with van der Waals surface area (Å²) in [5.41, 5.74) is 5.82. The number of rotatable bonds is 7. The molecule has 212 valence electrons. The van der Waals surface area contributed by atoms with E-state index in [0.717, 1.165) is 54.8 Å². The monoisotopic (exact) mass is 548 g/mol. The number of nitrogens with one attached hydrogen (secondary N) is 1. The topological polar surface area (TPSA) is 57.6 Å². The Labute approximate surface area is 243 Å². The number of fused-ring (bicyclic) bond motifs is 1. The normalized spacial score (nSPS) is 14.6. The predicted molar refractivity (Wildman–Crippen MR) is 168 cm³/mol. The van der Waals surface area contributed by atoms with Crippen molar-refractivity contribution >= 4 is 34.5 Å². The van der Waals surface area contributed by atoms with E-state index in [9.17, 15) is 9.59 Å². The number of piperazine rings is 1. The quantitative estimate of drug-likeness (QED) is 0.271. The highest BCUT2D eigenvalue weighted by atomic mass is 16.2. The van der Waals surface area contributed by atoms with Crippen LogP contribution < -0.4 is 5.32 Å². The van der Waals surface area contributed by atoms with Crippen molar-refractivity contribution in [2.75, 3.05) is 38.0 Å². The van der Waals surface area contributed by atoms with Crippen molar-refractivity contribution in [3.8, 4) is 0 Å². The van der Waals surface area contributed by atoms with Crippen molar-refractivity contribution in [3.05, 3.63) is 107 Å². The molecule has 0 spiro atoms. The Kier molecular flexibility index (Phi) is 8.41. The van der Waals surface area contributed by atoms with Crippen molar-refractivity contribution in [3.63, 3.8) is 0 Å². The molecule has 41 heavy (non-hydrogen) atoms. The highest BCUT2D eigenvalue weighted by Crippen LogP contribution is 2.27. The van der Waals surface area contributed by atoms with Crippen molar-refractivity contribution in [1.82, 2.24) is 14.4 Å². The first-order valence-corrected chi connectivity index (χ1v) is 14.5. The fourth-order valence-electron chi connectivity index (χ4n) is 5.34. The van der Waals surface area contributed by atoms with Gasteiger partial charge in [-0.25, -0.2) is 0 Å². The number of carbonyl (C=O) groups is 2. The van der Waals surface area contributed by atoms with Gasteiger partial charge in [-0.15, -0.1) is 0 Å². The average Bonchev–Trinajstić information content (AvgIpc) is 3.33. The minimum absolute atomic E-state index is 0.0552. The summed E-state index contributed by atoms with van der Waals surface area (Å²) < 4.78 is 2.12. The molecular weight excluding hydrogens is 508 g/mol. The first kappa shape index (κ1) is 28.4. The lowest BCUT2D eigenvalue weighted by atomic mass is 9.87. The first-order valence-electron chi connectivity index (χ1n) is 14.5. The summed E-state index contributed by atoms with van der Waals surface area (Å²) in [5.74, 6) is -0.142. The van der Waals surface area contributed by atoms with Crippen LogP contribution in [-0.2, 0) is 16.8 Å². The van der Waals surface area contributed by atoms with E-state index >= 15 is 0 Å². The second-order valence-corrected chi connectivity index (χ2v) is 11.8. The predicted octanol–water partition coefficient (Wildman–Crippen LogP) is 6.42. The van der Waals surface area contributed by atoms with Gasteiger partial charge in [0.05, 0.1) is 0 Å². The molecule has 1 aromatic heterocycles. The van der Waals surface area contributed by atoms with E-state index in [1.165, 1.54) is 11.6 Å². The molecule has 1 saturated heterocycles. The van der Waals surface area contributed by atoms with Crippen LogP contribution in [0.15, 0.2) is 84.9 Å². The molecule has 5 rings (SSSR count). The van der Waals surface area contributed by atoms with Gasteiger partial charge in [-0.05, 0) is 59.0 Å². The minimum atomic E-state index is -0.198. The zero-order valence-electron chi connectivity index (χ0n) is 24.6. The maximum atomic E-state index is 13.9. The first-order chi connectivity index (χ1) is 19.7. The molecule has 0 atom stereocenters. The molecule has 1 aliphatic rings. The van der Waals surface area contributed by atoms with Crippen LogP contribution >= 0.6 is 0 Å². The van der Waals surface area contributed by atoms with Crippen LogP contribution in [0.1, 0.15) is 54.9 Å². The molecule has 2 amide bonds. The summed E-state index contributed by atoms with van der Waals surface area (Å²) >= 11 is 0. The van der Waals surface area contributed by atoms with Gasteiger partial charge in [0.15, 0.2) is 0 Å². The van der Waals surface area contributed by atoms with Crippen LogP contribution in [-0.4, -0.2) is 58.9 Å². The zero-order chi connectivity index (χ0) is 29.0. The van der Waals surface area contributed by atoms with Gasteiger partial charge >= 0.3 is 0 Å². The average molecular weight is 549 g/mol. The number of amides is 2. The summed E-state index contributed by atoms with van der Waals surface area (Å²) in [6.07, 6.45) is 3.33. The number of hydrogen-bond acceptors (Lipinski definition) is 3. The number of nitrogens with zero attached hydrogens (tertiary/aromatic N) is 3. The molecule has 2 heterocycles. The van der Waals surface area contributed by atoms with Crippen LogP contribution in [0.2, 0.25) is 0 Å². The highest BCUT2D eigenvalue weighted by molar-refractivity contribution is 6.04. The summed E-state index contributed by atoms with van der Waals surface area (Å²) in [5, 5.41) is 3.90. The Morgan fingerprint density at radius 3 is 2.24 bits per heavy atom. The number of benzene rings is 3. The summed E-state index contributed by atoms with van der Waals surface area (Å²) in [7, 11) is 0. The Bertz CT molecular complexity index is 1540. The lowest BCUT2D eigenvalue weighted by molar-refractivity contribution is -0.111. The Hall–Kier alpha value is -4.16. The van der Waals surface area contributed by atoms with E-state index in [4.69, 9.17) is 0 Å². The van der Waals surface area contributed by atoms with Crippen LogP contribution in [0.5, 0.6) is 0 Å². The maximum absolute atomic E-state index is 13.9. The summed E-state index contributed by atoms with van der Waals surface area (Å²) in [6, 6.07) is 26.3. The molecule has 6 heteroatoms. The van der Waals surface area contributed by atoms with Gasteiger partial charge in [-0.3, -0.25) is 9.59 Å². The van der Waals surface area contributed by atoms with Crippen LogP contribution in [0.4, 0.5) is 5.69 Å². The van der Waals surface area contributed by atoms with Crippen molar-refractivity contribution in [2.45, 2.75) is 39.7 Å². The van der Waals surface area contributed by atoms with Gasteiger partial charge < -0.3 is 19.7 Å². The molecule has 0 aliphatic carbocycles. The smallest absolute Gasteiger partial charge is 0.270 e. The fourth-order valence-corrected chi connectivity index (χ4v) is 5.34. The Morgan fingerprint density at radius 2 is 1.59 bits per heavy atom. The molecule has 3 aromatic carbocycles. The van der Waals surface area contributed by atoms with E-state index in [2.05, 4.69) is 66.7 Å². The Morgan fingerprint density at radius 1 is 0.878 bits per heavy atom. The lowest BCUT2D eigenvalue weighted by Gasteiger charge is -2.34. The SMILES string of the molecule is CCN1CCN(C(=O)c2cc3cc(NC(=O)C=Cc4ccccc4)ccc3n2Cc2ccc(C(C)(C)C)cc2)CC1. The number of carbonyl (C=O) groups excluding carboxylic acids is 2. The number of hydrogen-bond donors (Lipinski definition) is 1. The minimum Gasteiger partial charge on any atom is -0.335 e. The molecule has 0 saturated carbocycles. The second kappa shape index (κ2) is 12.1. The van der Waals surface area contributed by atoms with Gasteiger partial charge in [0, 0.05) is 55.4 Å². The molecule has 0 bridgehead atoms. The van der Waals surface area contributed by atoms with E-state index < -0.39 is 0 Å². The molecular formula is C35H40N4O2. The number of likely N-dealkylation sites (N-methyl/N-ethyl adjacent to an activating group) is 1. The molecule has 4 aromatic rings. The molecule has 6 nitrogen and oxygen atoms in total. The van der Waals surface area contributed by atoms with E-state index in [1.807, 2.05) is 59.5 Å². The third-order valence-corrected chi connectivity index (χ3v) is 7.88. The van der Waals surface area contributed by atoms with Gasteiger partial charge in [0.1, 0.15) is 5.69 Å².